The molecule has 0 spiro atoms. The van der Waals surface area contributed by atoms with E-state index in [2.05, 4.69) is 4.98 Å². The Morgan fingerprint density at radius 1 is 1.21 bits per heavy atom. The first-order valence-corrected chi connectivity index (χ1v) is 9.00. The number of carbonyl (C=O) groups excluding carboxylic acids is 1. The van der Waals surface area contributed by atoms with Crippen molar-refractivity contribution >= 4 is 22.0 Å². The third-order valence-electron chi connectivity index (χ3n) is 3.22. The van der Waals surface area contributed by atoms with Crippen molar-refractivity contribution in [2.75, 3.05) is 13.3 Å². The molecule has 0 aliphatic rings. The number of benzene rings is 1. The monoisotopic (exact) mass is 346 g/mol. The molecule has 0 N–H and O–H groups in total. The maximum Gasteiger partial charge on any atom is 0.259 e. The van der Waals surface area contributed by atoms with E-state index in [9.17, 15) is 13.2 Å². The number of pyridine rings is 1. The molecule has 126 valence electrons. The van der Waals surface area contributed by atoms with Crippen molar-refractivity contribution in [1.82, 2.24) is 9.29 Å². The zero-order chi connectivity index (χ0) is 17.6. The van der Waals surface area contributed by atoms with Crippen LogP contribution in [0.15, 0.2) is 54.7 Å². The van der Waals surface area contributed by atoms with E-state index in [0.717, 1.165) is 17.5 Å². The lowest BCUT2D eigenvalue weighted by atomic mass is 10.2. The molecule has 2 aromatic rings. The van der Waals surface area contributed by atoms with E-state index in [-0.39, 0.29) is 0 Å². The normalized spacial score (nSPS) is 11.4. The lowest BCUT2D eigenvalue weighted by Gasteiger charge is -2.11. The van der Waals surface area contributed by atoms with Gasteiger partial charge in [0, 0.05) is 19.3 Å². The van der Waals surface area contributed by atoms with Crippen LogP contribution >= 0.6 is 0 Å². The predicted molar refractivity (Wildman–Crippen MR) is 91.7 cm³/mol. The number of hydrogen-bond acceptors (Lipinski definition) is 5. The number of carbonyl (C=O) groups is 1. The number of ether oxygens (including phenoxy) is 1. The number of hydrogen-bond donors (Lipinski definition) is 0. The molecule has 0 aliphatic carbocycles. The zero-order valence-corrected chi connectivity index (χ0v) is 14.2. The molecule has 24 heavy (non-hydrogen) atoms. The minimum absolute atomic E-state index is 0.369. The number of rotatable bonds is 6. The Morgan fingerprint density at radius 2 is 1.92 bits per heavy atom. The van der Waals surface area contributed by atoms with Crippen LogP contribution in [0.3, 0.4) is 0 Å². The minimum atomic E-state index is -3.54. The standard InChI is InChI=1S/C17H18N2O4S/c1-19(24(2,21)22)17(20)11-8-14-6-9-16(10-7-14)23-13-15-5-3-4-12-18-15/h3-12H,13H2,1-2H3/b11-8-. The topological polar surface area (TPSA) is 76.6 Å². The highest BCUT2D eigenvalue weighted by atomic mass is 32.2. The first-order chi connectivity index (χ1) is 11.4. The Bertz CT molecular complexity index is 815. The van der Waals surface area contributed by atoms with E-state index in [1.807, 2.05) is 18.2 Å². The van der Waals surface area contributed by atoms with Crippen LogP contribution in [0, 0.1) is 0 Å². The van der Waals surface area contributed by atoms with Gasteiger partial charge in [0.05, 0.1) is 11.9 Å². The molecule has 0 bridgehead atoms. The van der Waals surface area contributed by atoms with Crippen LogP contribution in [0.5, 0.6) is 5.75 Å². The number of aromatic nitrogens is 1. The number of nitrogens with zero attached hydrogens (tertiary/aromatic N) is 2. The van der Waals surface area contributed by atoms with E-state index in [4.69, 9.17) is 4.74 Å². The van der Waals surface area contributed by atoms with E-state index in [1.165, 1.54) is 13.1 Å². The minimum Gasteiger partial charge on any atom is -0.487 e. The highest BCUT2D eigenvalue weighted by Gasteiger charge is 2.14. The summed E-state index contributed by atoms with van der Waals surface area (Å²) in [5, 5.41) is 0. The van der Waals surface area contributed by atoms with Gasteiger partial charge in [-0.25, -0.2) is 12.7 Å². The highest BCUT2D eigenvalue weighted by Crippen LogP contribution is 2.14. The van der Waals surface area contributed by atoms with Gasteiger partial charge in [0.2, 0.25) is 10.0 Å². The molecule has 1 heterocycles. The van der Waals surface area contributed by atoms with Crippen LogP contribution < -0.4 is 4.74 Å². The maximum atomic E-state index is 11.7. The summed E-state index contributed by atoms with van der Waals surface area (Å²) >= 11 is 0. The van der Waals surface area contributed by atoms with Crippen LogP contribution in [0.4, 0.5) is 0 Å². The number of amides is 1. The van der Waals surface area contributed by atoms with Crippen LogP contribution in [0.1, 0.15) is 11.3 Å². The Kier molecular flexibility index (Phi) is 5.70. The van der Waals surface area contributed by atoms with Gasteiger partial charge >= 0.3 is 0 Å². The summed E-state index contributed by atoms with van der Waals surface area (Å²) in [6.45, 7) is 0.369. The molecule has 0 fully saturated rings. The van der Waals surface area contributed by atoms with Gasteiger partial charge in [0.15, 0.2) is 0 Å². The Labute approximate surface area is 141 Å². The second kappa shape index (κ2) is 7.74. The SMILES string of the molecule is CN(C(=O)/C=C\c1ccc(OCc2ccccn2)cc1)S(C)(=O)=O. The van der Waals surface area contributed by atoms with Crippen LogP contribution in [0.2, 0.25) is 0 Å². The largest absolute Gasteiger partial charge is 0.487 e. The van der Waals surface area contributed by atoms with Crippen molar-refractivity contribution in [3.8, 4) is 5.75 Å². The summed E-state index contributed by atoms with van der Waals surface area (Å²) in [5.41, 5.74) is 1.59. The van der Waals surface area contributed by atoms with Gasteiger partial charge in [-0.3, -0.25) is 9.78 Å². The van der Waals surface area contributed by atoms with Crippen molar-refractivity contribution in [2.24, 2.45) is 0 Å². The van der Waals surface area contributed by atoms with Crippen LogP contribution in [-0.4, -0.2) is 36.9 Å². The first kappa shape index (κ1) is 17.7. The average molecular weight is 346 g/mol. The van der Waals surface area contributed by atoms with Crippen LogP contribution in [-0.2, 0) is 21.4 Å². The third kappa shape index (κ3) is 5.20. The first-order valence-electron chi connectivity index (χ1n) is 7.15. The van der Waals surface area contributed by atoms with Crippen molar-refractivity contribution in [3.05, 3.63) is 66.0 Å². The molecule has 0 radical (unpaired) electrons. The molecule has 1 aromatic carbocycles. The molecule has 1 amide bonds. The molecular formula is C17H18N2O4S. The fourth-order valence-corrected chi connectivity index (χ4v) is 2.14. The molecule has 0 atom stereocenters. The van der Waals surface area contributed by atoms with Gasteiger partial charge in [-0.15, -0.1) is 0 Å². The summed E-state index contributed by atoms with van der Waals surface area (Å²) in [7, 11) is -2.32. The van der Waals surface area contributed by atoms with Gasteiger partial charge in [-0.1, -0.05) is 18.2 Å². The molecule has 0 saturated carbocycles. The average Bonchev–Trinajstić information content (AvgIpc) is 2.58. The Hall–Kier alpha value is -2.67. The van der Waals surface area contributed by atoms with Crippen molar-refractivity contribution < 1.29 is 17.9 Å². The van der Waals surface area contributed by atoms with Crippen molar-refractivity contribution in [2.45, 2.75) is 6.61 Å². The highest BCUT2D eigenvalue weighted by molar-refractivity contribution is 7.88. The molecule has 0 aliphatic heterocycles. The Balaban J connectivity index is 1.94. The predicted octanol–water partition coefficient (Wildman–Crippen LogP) is 2.09. The lowest BCUT2D eigenvalue weighted by molar-refractivity contribution is -0.120. The molecule has 1 aromatic heterocycles. The maximum absolute atomic E-state index is 11.7. The number of likely N-dealkylation sites (N-methyl/N-ethyl adjacent to an activating group) is 1. The summed E-state index contributed by atoms with van der Waals surface area (Å²) in [6, 6.07) is 12.7. The smallest absolute Gasteiger partial charge is 0.259 e. The fourth-order valence-electron chi connectivity index (χ4n) is 1.75. The van der Waals surface area contributed by atoms with Gasteiger partial charge in [0.1, 0.15) is 12.4 Å². The molecular weight excluding hydrogens is 328 g/mol. The molecule has 7 heteroatoms. The molecule has 0 saturated heterocycles. The van der Waals surface area contributed by atoms with Gasteiger partial charge in [0.25, 0.3) is 5.91 Å². The van der Waals surface area contributed by atoms with Crippen LogP contribution in [0.25, 0.3) is 6.08 Å². The van der Waals surface area contributed by atoms with Gasteiger partial charge in [-0.2, -0.15) is 0 Å². The van der Waals surface area contributed by atoms with Crippen molar-refractivity contribution in [1.29, 1.82) is 0 Å². The van der Waals surface area contributed by atoms with E-state index in [1.54, 1.807) is 36.5 Å². The number of sulfonamides is 1. The third-order valence-corrected chi connectivity index (χ3v) is 4.39. The molecule has 2 rings (SSSR count). The summed E-state index contributed by atoms with van der Waals surface area (Å²) in [4.78, 5) is 15.9. The Morgan fingerprint density at radius 3 is 2.50 bits per heavy atom. The van der Waals surface area contributed by atoms with E-state index >= 15 is 0 Å². The lowest BCUT2D eigenvalue weighted by Crippen LogP contribution is -2.30. The summed E-state index contributed by atoms with van der Waals surface area (Å²) in [6.07, 6.45) is 5.45. The fraction of sp³-hybridized carbons (Fsp3) is 0.176. The van der Waals surface area contributed by atoms with Gasteiger partial charge < -0.3 is 4.74 Å². The summed E-state index contributed by atoms with van der Waals surface area (Å²) < 4.78 is 28.8. The quantitative estimate of drug-likeness (QED) is 0.749. The molecule has 6 nitrogen and oxygen atoms in total. The van der Waals surface area contributed by atoms with E-state index < -0.39 is 15.9 Å². The zero-order valence-electron chi connectivity index (χ0n) is 13.4. The van der Waals surface area contributed by atoms with Gasteiger partial charge in [-0.05, 0) is 35.9 Å². The molecule has 0 unspecified atom stereocenters. The van der Waals surface area contributed by atoms with E-state index in [0.29, 0.717) is 16.7 Å². The second-order valence-electron chi connectivity index (χ2n) is 5.08. The second-order valence-corrected chi connectivity index (χ2v) is 7.09. The summed E-state index contributed by atoms with van der Waals surface area (Å²) in [5.74, 6) is 0.0744. The van der Waals surface area contributed by atoms with Crippen molar-refractivity contribution in [3.63, 3.8) is 0 Å².